The molecule has 0 radical (unpaired) electrons. The molecule has 0 spiro atoms. The van der Waals surface area contributed by atoms with Crippen LogP contribution in [0.15, 0.2) is 28.0 Å². The van der Waals surface area contributed by atoms with Crippen LogP contribution < -0.4 is 0 Å². The summed E-state index contributed by atoms with van der Waals surface area (Å²) in [5.41, 5.74) is 1.000. The highest BCUT2D eigenvalue weighted by atomic mass is 32.2. The van der Waals surface area contributed by atoms with Gasteiger partial charge in [-0.3, -0.25) is 0 Å². The number of aliphatic hydroxyl groups is 1. The van der Waals surface area contributed by atoms with Crippen LogP contribution >= 0.6 is 0 Å². The van der Waals surface area contributed by atoms with Gasteiger partial charge >= 0.3 is 0 Å². The lowest BCUT2D eigenvalue weighted by Gasteiger charge is -1.92. The zero-order valence-corrected chi connectivity index (χ0v) is 9.47. The van der Waals surface area contributed by atoms with Crippen LogP contribution in [0.1, 0.15) is 5.56 Å². The van der Waals surface area contributed by atoms with Crippen molar-refractivity contribution >= 4 is 9.84 Å². The van der Waals surface area contributed by atoms with Crippen molar-refractivity contribution in [2.45, 2.75) is 22.8 Å². The summed E-state index contributed by atoms with van der Waals surface area (Å²) in [6, 6.07) is 5.16. The third-order valence-electron chi connectivity index (χ3n) is 1.99. The number of aliphatic hydroxyl groups excluding tert-OH is 1. The Morgan fingerprint density at radius 3 is 2.12 bits per heavy atom. The molecule has 2 rings (SSSR count). The van der Waals surface area contributed by atoms with Gasteiger partial charge < -0.3 is 5.11 Å². The fourth-order valence-corrected chi connectivity index (χ4v) is 2.41. The summed E-state index contributed by atoms with van der Waals surface area (Å²) in [6.07, 6.45) is -1.40. The van der Waals surface area contributed by atoms with Crippen LogP contribution in [0, 0.1) is 6.92 Å². The van der Waals surface area contributed by atoms with Gasteiger partial charge in [0.15, 0.2) is 0 Å². The normalized spacial score (nSPS) is 15.1. The molecule has 90 valence electrons. The highest BCUT2D eigenvalue weighted by Crippen LogP contribution is 2.39. The maximum Gasteiger partial charge on any atom is 0.209 e. The first-order valence-corrected chi connectivity index (χ1v) is 6.07. The monoisotopic (exact) mass is 250 g/mol. The minimum Gasteiger partial charge on any atom is -0.388 e. The van der Waals surface area contributed by atoms with Crippen molar-refractivity contribution in [3.8, 4) is 0 Å². The molecule has 6 heteroatoms. The molecule has 3 nitrogen and oxygen atoms in total. The summed E-state index contributed by atoms with van der Waals surface area (Å²) in [5.74, 6) is 0. The van der Waals surface area contributed by atoms with Crippen molar-refractivity contribution in [2.24, 2.45) is 0 Å². The van der Waals surface area contributed by atoms with Gasteiger partial charge in [0.05, 0.1) is 9.79 Å². The second-order valence-corrected chi connectivity index (χ2v) is 5.30. The molecule has 1 N–H and O–H groups in total. The Bertz CT molecular complexity index is 467. The number of alkyl halides is 2. The van der Waals surface area contributed by atoms with Crippen molar-refractivity contribution in [1.82, 2.24) is 0 Å². The van der Waals surface area contributed by atoms with Crippen molar-refractivity contribution in [3.63, 3.8) is 0 Å². The van der Waals surface area contributed by atoms with Crippen LogP contribution in [0.25, 0.3) is 0 Å². The fourth-order valence-electron chi connectivity index (χ4n) is 1.05. The van der Waals surface area contributed by atoms with Crippen LogP contribution in [-0.2, 0) is 9.84 Å². The summed E-state index contributed by atoms with van der Waals surface area (Å²) in [6.45, 7) is -0.0961. The third-order valence-corrected chi connectivity index (χ3v) is 3.64. The smallest absolute Gasteiger partial charge is 0.209 e. The Balaban J connectivity index is 0.000000187. The molecule has 0 saturated carbocycles. The van der Waals surface area contributed by atoms with E-state index >= 15 is 0 Å². The number of hydrogen-bond acceptors (Lipinski definition) is 3. The zero-order chi connectivity index (χ0) is 12.3. The maximum atomic E-state index is 10.9. The molecule has 0 bridgehead atoms. The van der Waals surface area contributed by atoms with E-state index in [9.17, 15) is 17.2 Å². The molecular formula is C10H12F2O3S. The average molecular weight is 250 g/mol. The highest BCUT2D eigenvalue weighted by Gasteiger charge is 2.38. The van der Waals surface area contributed by atoms with Gasteiger partial charge in [0, 0.05) is 0 Å². The standard InChI is InChI=1S/C7H6O2S.C3H6F2O/c1-5-2-3-6-7(4-5)10(6,8)9;4-1-3(6)2-5/h2-4H,1H3;3,6H,1-2H2. The SMILES string of the molecule is Cc1ccc2c(c1)S2(=O)=O.OC(CF)CF. The number of fused-ring (bicyclic) bond motifs is 1. The van der Waals surface area contributed by atoms with E-state index in [4.69, 9.17) is 5.11 Å². The number of benzene rings is 1. The number of halogens is 2. The third kappa shape index (κ3) is 2.76. The van der Waals surface area contributed by atoms with Gasteiger partial charge in [-0.25, -0.2) is 17.2 Å². The first kappa shape index (κ1) is 13.1. The lowest BCUT2D eigenvalue weighted by molar-refractivity contribution is 0.111. The molecule has 1 aromatic rings. The maximum absolute atomic E-state index is 10.9. The minimum atomic E-state index is -2.90. The van der Waals surface area contributed by atoms with E-state index in [-0.39, 0.29) is 0 Å². The fraction of sp³-hybridized carbons (Fsp3) is 0.400. The second-order valence-electron chi connectivity index (χ2n) is 3.42. The van der Waals surface area contributed by atoms with Gasteiger partial charge in [0.2, 0.25) is 9.84 Å². The van der Waals surface area contributed by atoms with Crippen molar-refractivity contribution in [2.75, 3.05) is 13.3 Å². The minimum absolute atomic E-state index is 0.498. The lowest BCUT2D eigenvalue weighted by atomic mass is 10.2. The number of sulfone groups is 1. The van der Waals surface area contributed by atoms with E-state index in [1.54, 1.807) is 12.1 Å². The second kappa shape index (κ2) is 4.88. The summed E-state index contributed by atoms with van der Waals surface area (Å²) in [5, 5.41) is 7.92. The Morgan fingerprint density at radius 2 is 1.81 bits per heavy atom. The molecule has 0 aromatic heterocycles. The molecule has 0 amide bonds. The molecule has 1 heterocycles. The van der Waals surface area contributed by atoms with Crippen LogP contribution in [-0.4, -0.2) is 33.0 Å². The topological polar surface area (TPSA) is 54.4 Å². The Morgan fingerprint density at radius 1 is 1.25 bits per heavy atom. The lowest BCUT2D eigenvalue weighted by Crippen LogP contribution is -2.10. The van der Waals surface area contributed by atoms with Crippen LogP contribution in [0.2, 0.25) is 0 Å². The molecule has 0 fully saturated rings. The van der Waals surface area contributed by atoms with Crippen LogP contribution in [0.5, 0.6) is 0 Å². The van der Waals surface area contributed by atoms with Gasteiger partial charge in [-0.15, -0.1) is 0 Å². The molecule has 1 aliphatic rings. The Hall–Kier alpha value is -1.01. The van der Waals surface area contributed by atoms with Gasteiger partial charge in [-0.2, -0.15) is 0 Å². The number of rotatable bonds is 2. The summed E-state index contributed by atoms with van der Waals surface area (Å²) in [4.78, 5) is 1.01. The highest BCUT2D eigenvalue weighted by molar-refractivity contribution is 7.97. The quantitative estimate of drug-likeness (QED) is 0.820. The van der Waals surface area contributed by atoms with Crippen molar-refractivity contribution in [1.29, 1.82) is 0 Å². The van der Waals surface area contributed by atoms with Crippen molar-refractivity contribution < 1.29 is 22.3 Å². The van der Waals surface area contributed by atoms with Gasteiger partial charge in [-0.05, 0) is 24.6 Å². The molecule has 0 unspecified atom stereocenters. The predicted molar refractivity (Wildman–Crippen MR) is 54.6 cm³/mol. The molecule has 16 heavy (non-hydrogen) atoms. The first-order valence-electron chi connectivity index (χ1n) is 4.59. The van der Waals surface area contributed by atoms with Gasteiger partial charge in [-0.1, -0.05) is 6.07 Å². The van der Waals surface area contributed by atoms with Gasteiger partial charge in [0.25, 0.3) is 0 Å². The number of hydrogen-bond donors (Lipinski definition) is 1. The van der Waals surface area contributed by atoms with Crippen LogP contribution in [0.3, 0.4) is 0 Å². The van der Waals surface area contributed by atoms with E-state index in [2.05, 4.69) is 0 Å². The number of aryl methyl sites for hydroxylation is 1. The van der Waals surface area contributed by atoms with E-state index in [1.165, 1.54) is 0 Å². The summed E-state index contributed by atoms with van der Waals surface area (Å²) < 4.78 is 43.6. The van der Waals surface area contributed by atoms with Crippen molar-refractivity contribution in [3.05, 3.63) is 23.8 Å². The summed E-state index contributed by atoms with van der Waals surface area (Å²) in [7, 11) is -2.90. The molecular weight excluding hydrogens is 238 g/mol. The molecule has 0 saturated heterocycles. The first-order chi connectivity index (χ1) is 7.43. The largest absolute Gasteiger partial charge is 0.388 e. The van der Waals surface area contributed by atoms with E-state index in [0.717, 1.165) is 5.56 Å². The average Bonchev–Trinajstić information content (AvgIpc) is 2.80. The van der Waals surface area contributed by atoms with E-state index in [0.29, 0.717) is 9.79 Å². The Labute approximate surface area is 92.6 Å². The van der Waals surface area contributed by atoms with E-state index < -0.39 is 29.3 Å². The summed E-state index contributed by atoms with van der Waals surface area (Å²) >= 11 is 0. The van der Waals surface area contributed by atoms with Gasteiger partial charge in [0.1, 0.15) is 19.5 Å². The molecule has 0 aliphatic carbocycles. The predicted octanol–water partition coefficient (Wildman–Crippen LogP) is 1.43. The molecule has 0 atom stereocenters. The molecule has 1 aliphatic heterocycles. The van der Waals surface area contributed by atoms with Crippen LogP contribution in [0.4, 0.5) is 8.78 Å². The Kier molecular flexibility index (Phi) is 3.98. The van der Waals surface area contributed by atoms with E-state index in [1.807, 2.05) is 13.0 Å². The molecule has 1 aromatic carbocycles. The zero-order valence-electron chi connectivity index (χ0n) is 8.65.